The first-order valence-corrected chi connectivity index (χ1v) is 4.76. The summed E-state index contributed by atoms with van der Waals surface area (Å²) in [5.74, 6) is 0. The first-order valence-electron chi connectivity index (χ1n) is 4.38. The molecule has 0 saturated carbocycles. The highest BCUT2D eigenvalue weighted by Gasteiger charge is 2.09. The highest BCUT2D eigenvalue weighted by atomic mass is 35.5. The van der Waals surface area contributed by atoms with E-state index in [4.69, 9.17) is 11.6 Å². The average Bonchev–Trinajstić information content (AvgIpc) is 2.41. The summed E-state index contributed by atoms with van der Waals surface area (Å²) < 4.78 is 0. The molecule has 0 aromatic carbocycles. The number of fused-ring (bicyclic) bond motifs is 1. The van der Waals surface area contributed by atoms with Gasteiger partial charge in [0.2, 0.25) is 0 Å². The van der Waals surface area contributed by atoms with Crippen LogP contribution in [0.3, 0.4) is 0 Å². The van der Waals surface area contributed by atoms with Gasteiger partial charge in [0.05, 0.1) is 12.2 Å². The largest absolute Gasteiger partial charge is 0.180 e. The van der Waals surface area contributed by atoms with Crippen molar-refractivity contribution in [3.05, 3.63) is 41.2 Å². The van der Waals surface area contributed by atoms with E-state index in [1.165, 1.54) is 0 Å². The molecule has 3 nitrogen and oxygen atoms in total. The Hall–Kier alpha value is -1.35. The highest BCUT2D eigenvalue weighted by Crippen LogP contribution is 2.17. The molecular weight excluding hydrogens is 198 g/mol. The number of aromatic nitrogens is 3. The number of allylic oxidation sites excluding steroid dienone is 4. The molecule has 1 aromatic heterocycles. The summed E-state index contributed by atoms with van der Waals surface area (Å²) >= 11 is 5.91. The molecular formula is C10H10ClN3. The molecule has 2 rings (SSSR count). The second kappa shape index (κ2) is 3.80. The molecule has 0 fully saturated rings. The van der Waals surface area contributed by atoms with Crippen molar-refractivity contribution in [2.75, 3.05) is 0 Å². The minimum Gasteiger partial charge on any atom is -0.180 e. The minimum atomic E-state index is 0.627. The van der Waals surface area contributed by atoms with E-state index >= 15 is 0 Å². The first kappa shape index (κ1) is 9.21. The molecule has 0 amide bonds. The van der Waals surface area contributed by atoms with Crippen LogP contribution in [0.4, 0.5) is 0 Å². The second-order valence-corrected chi connectivity index (χ2v) is 3.45. The van der Waals surface area contributed by atoms with E-state index in [2.05, 4.69) is 16.8 Å². The summed E-state index contributed by atoms with van der Waals surface area (Å²) in [5.41, 5.74) is 1.81. The Kier molecular flexibility index (Phi) is 2.50. The van der Waals surface area contributed by atoms with Crippen molar-refractivity contribution in [1.82, 2.24) is 15.0 Å². The van der Waals surface area contributed by atoms with Crippen molar-refractivity contribution in [3.8, 4) is 0 Å². The predicted molar refractivity (Wildman–Crippen MR) is 56.9 cm³/mol. The van der Waals surface area contributed by atoms with Crippen molar-refractivity contribution in [2.24, 2.45) is 0 Å². The van der Waals surface area contributed by atoms with Crippen molar-refractivity contribution in [3.63, 3.8) is 0 Å². The fourth-order valence-electron chi connectivity index (χ4n) is 1.31. The Bertz CT molecular complexity index is 415. The van der Waals surface area contributed by atoms with Gasteiger partial charge in [0.1, 0.15) is 5.69 Å². The first-order chi connectivity index (χ1) is 6.79. The van der Waals surface area contributed by atoms with E-state index < -0.39 is 0 Å². The van der Waals surface area contributed by atoms with E-state index in [9.17, 15) is 0 Å². The van der Waals surface area contributed by atoms with Gasteiger partial charge in [-0.15, -0.1) is 6.58 Å². The Morgan fingerprint density at radius 1 is 1.57 bits per heavy atom. The van der Waals surface area contributed by atoms with Gasteiger partial charge in [0.25, 0.3) is 0 Å². The molecule has 72 valence electrons. The lowest BCUT2D eigenvalue weighted by Crippen LogP contribution is -1.99. The fraction of sp³-hybridized carbons (Fsp3) is 0.200. The van der Waals surface area contributed by atoms with Crippen molar-refractivity contribution < 1.29 is 0 Å². The van der Waals surface area contributed by atoms with E-state index in [1.54, 1.807) is 10.9 Å². The van der Waals surface area contributed by atoms with E-state index in [0.29, 0.717) is 11.6 Å². The summed E-state index contributed by atoms with van der Waals surface area (Å²) in [7, 11) is 0. The lowest BCUT2D eigenvalue weighted by atomic mass is 10.2. The summed E-state index contributed by atoms with van der Waals surface area (Å²) in [6, 6.07) is 0. The molecule has 4 heteroatoms. The zero-order chi connectivity index (χ0) is 9.97. The molecule has 0 atom stereocenters. The lowest BCUT2D eigenvalue weighted by molar-refractivity contribution is 0.596. The quantitative estimate of drug-likeness (QED) is 0.696. The maximum absolute atomic E-state index is 5.91. The average molecular weight is 208 g/mol. The second-order valence-electron chi connectivity index (χ2n) is 3.01. The van der Waals surface area contributed by atoms with Crippen molar-refractivity contribution >= 4 is 17.7 Å². The third-order valence-corrected chi connectivity index (χ3v) is 2.15. The van der Waals surface area contributed by atoms with Gasteiger partial charge in [0, 0.05) is 11.5 Å². The Morgan fingerprint density at radius 3 is 3.21 bits per heavy atom. The van der Waals surface area contributed by atoms with E-state index in [0.717, 1.165) is 17.8 Å². The van der Waals surface area contributed by atoms with Crippen molar-refractivity contribution in [2.45, 2.75) is 13.0 Å². The standard InChI is InChI=1S/C10H10ClN3/c1-2-6-14-12-9-5-3-4-8(11)7-10(9)13-14/h2-4,7H,1,5-6H2. The summed E-state index contributed by atoms with van der Waals surface area (Å²) in [6.45, 7) is 4.27. The number of rotatable bonds is 2. The van der Waals surface area contributed by atoms with Gasteiger partial charge in [-0.3, -0.25) is 0 Å². The molecule has 14 heavy (non-hydrogen) atoms. The summed E-state index contributed by atoms with van der Waals surface area (Å²) in [5, 5.41) is 9.29. The molecule has 0 radical (unpaired) electrons. The molecule has 0 unspecified atom stereocenters. The van der Waals surface area contributed by atoms with Crippen LogP contribution in [0.1, 0.15) is 11.4 Å². The molecule has 1 aliphatic rings. The normalized spacial score (nSPS) is 14.5. The third-order valence-electron chi connectivity index (χ3n) is 1.91. The molecule has 0 saturated heterocycles. The van der Waals surface area contributed by atoms with Gasteiger partial charge in [0.15, 0.2) is 0 Å². The van der Waals surface area contributed by atoms with E-state index in [-0.39, 0.29) is 0 Å². The SMILES string of the molecule is C=CCn1nc2c(n1)CC=CC(Cl)=C2. The molecule has 0 N–H and O–H groups in total. The Balaban J connectivity index is 2.38. The predicted octanol–water partition coefficient (Wildman–Crippen LogP) is 2.16. The fourth-order valence-corrected chi connectivity index (χ4v) is 1.50. The minimum absolute atomic E-state index is 0.627. The van der Waals surface area contributed by atoms with Gasteiger partial charge < -0.3 is 0 Å². The summed E-state index contributed by atoms with van der Waals surface area (Å²) in [6.07, 6.45) is 8.22. The van der Waals surface area contributed by atoms with Crippen LogP contribution >= 0.6 is 11.6 Å². The topological polar surface area (TPSA) is 30.7 Å². The van der Waals surface area contributed by atoms with Gasteiger partial charge in [-0.2, -0.15) is 15.0 Å². The van der Waals surface area contributed by atoms with E-state index in [1.807, 2.05) is 18.2 Å². The zero-order valence-corrected chi connectivity index (χ0v) is 8.41. The Morgan fingerprint density at radius 2 is 2.43 bits per heavy atom. The van der Waals surface area contributed by atoms with Crippen LogP contribution in [-0.2, 0) is 13.0 Å². The van der Waals surface area contributed by atoms with Crippen LogP contribution in [0, 0.1) is 0 Å². The Labute approximate surface area is 87.4 Å². The van der Waals surface area contributed by atoms with Gasteiger partial charge in [-0.05, 0) is 12.2 Å². The monoisotopic (exact) mass is 207 g/mol. The zero-order valence-electron chi connectivity index (χ0n) is 7.65. The van der Waals surface area contributed by atoms with Gasteiger partial charge in [-0.1, -0.05) is 23.8 Å². The lowest BCUT2D eigenvalue weighted by Gasteiger charge is -1.90. The van der Waals surface area contributed by atoms with Crippen molar-refractivity contribution in [1.29, 1.82) is 0 Å². The number of hydrogen-bond acceptors (Lipinski definition) is 2. The van der Waals surface area contributed by atoms with Crippen LogP contribution in [0.15, 0.2) is 29.8 Å². The molecule has 0 spiro atoms. The van der Waals surface area contributed by atoms with Crippen LogP contribution in [0.2, 0.25) is 0 Å². The molecule has 1 heterocycles. The molecule has 1 aromatic rings. The smallest absolute Gasteiger partial charge is 0.110 e. The van der Waals surface area contributed by atoms with Crippen LogP contribution in [0.25, 0.3) is 6.08 Å². The number of nitrogens with zero attached hydrogens (tertiary/aromatic N) is 3. The molecule has 1 aliphatic carbocycles. The number of hydrogen-bond donors (Lipinski definition) is 0. The van der Waals surface area contributed by atoms with Gasteiger partial charge >= 0.3 is 0 Å². The maximum Gasteiger partial charge on any atom is 0.110 e. The molecule has 0 aliphatic heterocycles. The highest BCUT2D eigenvalue weighted by molar-refractivity contribution is 6.33. The molecule has 0 bridgehead atoms. The van der Waals surface area contributed by atoms with Crippen LogP contribution < -0.4 is 0 Å². The van der Waals surface area contributed by atoms with Crippen LogP contribution in [0.5, 0.6) is 0 Å². The third kappa shape index (κ3) is 1.77. The summed E-state index contributed by atoms with van der Waals surface area (Å²) in [4.78, 5) is 1.62. The number of halogens is 1. The maximum atomic E-state index is 5.91. The van der Waals surface area contributed by atoms with Gasteiger partial charge in [-0.25, -0.2) is 0 Å². The van der Waals surface area contributed by atoms with Crippen LogP contribution in [-0.4, -0.2) is 15.0 Å².